The minimum Gasteiger partial charge on any atom is -0.479 e. The third-order valence-corrected chi connectivity index (χ3v) is 4.43. The van der Waals surface area contributed by atoms with E-state index < -0.39 is 35.6 Å². The molecule has 0 radical (unpaired) electrons. The van der Waals surface area contributed by atoms with Crippen molar-refractivity contribution >= 4 is 11.9 Å². The van der Waals surface area contributed by atoms with Crippen molar-refractivity contribution in [2.45, 2.75) is 24.6 Å². The van der Waals surface area contributed by atoms with Crippen molar-refractivity contribution in [3.05, 3.63) is 35.4 Å². The molecule has 2 fully saturated rings. The van der Waals surface area contributed by atoms with Crippen LogP contribution in [0.2, 0.25) is 0 Å². The van der Waals surface area contributed by atoms with Gasteiger partial charge in [0.2, 0.25) is 5.91 Å². The van der Waals surface area contributed by atoms with E-state index in [9.17, 15) is 22.8 Å². The Balaban J connectivity index is 1.72. The molecule has 2 aliphatic rings. The third kappa shape index (κ3) is 3.24. The van der Waals surface area contributed by atoms with Crippen molar-refractivity contribution < 1.29 is 32.6 Å². The summed E-state index contributed by atoms with van der Waals surface area (Å²) in [5, 5.41) is 8.96. The lowest BCUT2D eigenvalue weighted by molar-refractivity contribution is -0.159. The number of hydrogen-bond donors (Lipinski definition) is 1. The van der Waals surface area contributed by atoms with E-state index in [2.05, 4.69) is 0 Å². The lowest BCUT2D eigenvalue weighted by Crippen LogP contribution is -2.49. The number of morpholine rings is 1. The maximum Gasteiger partial charge on any atom is 0.416 e. The highest BCUT2D eigenvalue weighted by atomic mass is 19.4. The van der Waals surface area contributed by atoms with E-state index in [1.165, 1.54) is 23.1 Å². The van der Waals surface area contributed by atoms with Crippen molar-refractivity contribution in [1.29, 1.82) is 0 Å². The van der Waals surface area contributed by atoms with Crippen molar-refractivity contribution in [3.63, 3.8) is 0 Å². The van der Waals surface area contributed by atoms with Crippen LogP contribution in [0.1, 0.15) is 23.5 Å². The number of halogens is 3. The summed E-state index contributed by atoms with van der Waals surface area (Å²) in [4.78, 5) is 24.8. The summed E-state index contributed by atoms with van der Waals surface area (Å²) < 4.78 is 44.3. The van der Waals surface area contributed by atoms with E-state index >= 15 is 0 Å². The molecule has 1 saturated carbocycles. The van der Waals surface area contributed by atoms with Crippen LogP contribution in [0, 0.1) is 5.92 Å². The van der Waals surface area contributed by atoms with Gasteiger partial charge in [0.25, 0.3) is 0 Å². The smallest absolute Gasteiger partial charge is 0.416 e. The van der Waals surface area contributed by atoms with Crippen LogP contribution in [0.15, 0.2) is 24.3 Å². The minimum atomic E-state index is -4.46. The average molecular weight is 343 g/mol. The number of hydrogen-bond acceptors (Lipinski definition) is 3. The topological polar surface area (TPSA) is 66.8 Å². The fourth-order valence-electron chi connectivity index (χ4n) is 3.12. The molecule has 3 rings (SSSR count). The number of carboxylic acid groups (broad SMARTS) is 1. The van der Waals surface area contributed by atoms with Crippen LogP contribution in [0.4, 0.5) is 13.2 Å². The summed E-state index contributed by atoms with van der Waals surface area (Å²) in [6.07, 6.45) is -5.19. The molecule has 24 heavy (non-hydrogen) atoms. The van der Waals surface area contributed by atoms with Crippen LogP contribution < -0.4 is 0 Å². The van der Waals surface area contributed by atoms with E-state index in [0.29, 0.717) is 6.42 Å². The Hall–Kier alpha value is -2.09. The molecular formula is C16H16F3NO4. The van der Waals surface area contributed by atoms with Crippen LogP contribution in [-0.2, 0) is 20.5 Å². The maximum absolute atomic E-state index is 13.1. The van der Waals surface area contributed by atoms with Gasteiger partial charge in [0.1, 0.15) is 0 Å². The molecule has 5 nitrogen and oxygen atoms in total. The van der Waals surface area contributed by atoms with Crippen LogP contribution in [0.3, 0.4) is 0 Å². The van der Waals surface area contributed by atoms with Gasteiger partial charge in [-0.15, -0.1) is 0 Å². The minimum absolute atomic E-state index is 0.0711. The average Bonchev–Trinajstić information content (AvgIpc) is 3.34. The quantitative estimate of drug-likeness (QED) is 0.913. The molecule has 0 aromatic heterocycles. The highest BCUT2D eigenvalue weighted by molar-refractivity contribution is 5.84. The van der Waals surface area contributed by atoms with Crippen LogP contribution in [0.25, 0.3) is 0 Å². The summed E-state index contributed by atoms with van der Waals surface area (Å²) in [6, 6.07) is 5.27. The molecule has 0 spiro atoms. The van der Waals surface area contributed by atoms with Gasteiger partial charge in [0.05, 0.1) is 18.7 Å². The van der Waals surface area contributed by atoms with Gasteiger partial charge in [-0.05, 0) is 24.0 Å². The number of aliphatic carboxylic acids is 1. The largest absolute Gasteiger partial charge is 0.479 e. The number of rotatable bonds is 3. The summed E-state index contributed by atoms with van der Waals surface area (Å²) in [5.41, 5.74) is -0.581. The first-order chi connectivity index (χ1) is 11.3. The van der Waals surface area contributed by atoms with Gasteiger partial charge in [-0.1, -0.05) is 18.2 Å². The Labute approximate surface area is 136 Å². The summed E-state index contributed by atoms with van der Waals surface area (Å²) in [5.74, 6) is -2.45. The van der Waals surface area contributed by atoms with Gasteiger partial charge in [-0.3, -0.25) is 4.79 Å². The molecule has 1 aliphatic heterocycles. The van der Waals surface area contributed by atoms with Crippen LogP contribution in [-0.4, -0.2) is 47.7 Å². The Morgan fingerprint density at radius 1 is 1.25 bits per heavy atom. The fourth-order valence-corrected chi connectivity index (χ4v) is 3.12. The molecule has 1 aromatic rings. The molecule has 1 saturated heterocycles. The third-order valence-electron chi connectivity index (χ3n) is 4.43. The van der Waals surface area contributed by atoms with Crippen molar-refractivity contribution in [3.8, 4) is 0 Å². The molecule has 0 unspecified atom stereocenters. The highest BCUT2D eigenvalue weighted by Gasteiger charge is 2.49. The zero-order chi connectivity index (χ0) is 17.5. The maximum atomic E-state index is 13.1. The predicted octanol–water partition coefficient (Wildman–Crippen LogP) is 2.12. The monoisotopic (exact) mass is 343 g/mol. The Morgan fingerprint density at radius 2 is 1.96 bits per heavy atom. The molecule has 1 aromatic carbocycles. The van der Waals surface area contributed by atoms with Crippen molar-refractivity contribution in [2.75, 3.05) is 19.7 Å². The van der Waals surface area contributed by atoms with Gasteiger partial charge < -0.3 is 14.7 Å². The number of ether oxygens (including phenoxy) is 1. The van der Waals surface area contributed by atoms with Gasteiger partial charge in [0.15, 0.2) is 6.10 Å². The summed E-state index contributed by atoms with van der Waals surface area (Å²) >= 11 is 0. The molecular weight excluding hydrogens is 327 g/mol. The first kappa shape index (κ1) is 16.8. The van der Waals surface area contributed by atoms with E-state index in [0.717, 1.165) is 6.07 Å². The van der Waals surface area contributed by atoms with E-state index in [4.69, 9.17) is 9.84 Å². The number of carbonyl (C=O) groups excluding carboxylic acids is 1. The molecule has 8 heteroatoms. The van der Waals surface area contributed by atoms with Crippen molar-refractivity contribution in [2.24, 2.45) is 5.92 Å². The number of alkyl halides is 3. The Morgan fingerprint density at radius 3 is 2.62 bits per heavy atom. The highest BCUT2D eigenvalue weighted by Crippen LogP contribution is 2.51. The molecule has 1 aliphatic carbocycles. The predicted molar refractivity (Wildman–Crippen MR) is 76.2 cm³/mol. The second kappa shape index (κ2) is 6.08. The lowest BCUT2D eigenvalue weighted by atomic mass is 10.0. The number of benzene rings is 1. The Kier molecular flexibility index (Phi) is 4.25. The first-order valence-corrected chi connectivity index (χ1v) is 7.58. The van der Waals surface area contributed by atoms with Gasteiger partial charge >= 0.3 is 12.1 Å². The molecule has 3 atom stereocenters. The van der Waals surface area contributed by atoms with E-state index in [1.54, 1.807) is 0 Å². The number of carboxylic acids is 1. The van der Waals surface area contributed by atoms with Gasteiger partial charge in [0, 0.05) is 12.5 Å². The second-order valence-electron chi connectivity index (χ2n) is 6.02. The summed E-state index contributed by atoms with van der Waals surface area (Å²) in [6.45, 7) is 0.296. The number of nitrogens with zero attached hydrogens (tertiary/aromatic N) is 1. The molecule has 1 heterocycles. The van der Waals surface area contributed by atoms with Gasteiger partial charge in [-0.2, -0.15) is 13.2 Å². The van der Waals surface area contributed by atoms with Crippen LogP contribution >= 0.6 is 0 Å². The standard InChI is InChI=1S/C16H16F3NO4/c17-16(18,19)12-4-2-1-3-9(12)10-7-11(10)14(21)20-5-6-24-13(8-20)15(22)23/h1-4,10-11,13H,5-8H2,(H,22,23)/t10-,11-,13-/m0/s1. The van der Waals surface area contributed by atoms with Crippen LogP contribution in [0.5, 0.6) is 0 Å². The number of amides is 1. The van der Waals surface area contributed by atoms with E-state index in [-0.39, 0.29) is 31.2 Å². The first-order valence-electron chi connectivity index (χ1n) is 7.58. The van der Waals surface area contributed by atoms with Crippen molar-refractivity contribution in [1.82, 2.24) is 4.90 Å². The number of carbonyl (C=O) groups is 2. The molecule has 1 amide bonds. The second-order valence-corrected chi connectivity index (χ2v) is 6.02. The normalized spacial score (nSPS) is 27.0. The molecule has 130 valence electrons. The SMILES string of the molecule is O=C(O)[C@@H]1CN(C(=O)[C@H]2C[C@H]2c2ccccc2C(F)(F)F)CCO1. The zero-order valence-electron chi connectivity index (χ0n) is 12.6. The van der Waals surface area contributed by atoms with Gasteiger partial charge in [-0.25, -0.2) is 4.79 Å². The van der Waals surface area contributed by atoms with E-state index in [1.807, 2.05) is 0 Å². The molecule has 0 bridgehead atoms. The Bertz CT molecular complexity index is 661. The zero-order valence-corrected chi connectivity index (χ0v) is 12.6. The summed E-state index contributed by atoms with van der Waals surface area (Å²) in [7, 11) is 0. The molecule has 1 N–H and O–H groups in total. The lowest BCUT2D eigenvalue weighted by Gasteiger charge is -2.31. The fraction of sp³-hybridized carbons (Fsp3) is 0.500.